The fraction of sp³-hybridized carbons (Fsp3) is 0.370. The van der Waals surface area contributed by atoms with Crippen LogP contribution in [0.25, 0.3) is 6.08 Å². The molecule has 2 aliphatic rings. The number of fused-ring (bicyclic) bond motifs is 1. The Bertz CT molecular complexity index is 1210. The molecule has 0 aliphatic carbocycles. The van der Waals surface area contributed by atoms with Crippen molar-refractivity contribution >= 4 is 51.2 Å². The summed E-state index contributed by atoms with van der Waals surface area (Å²) in [4.78, 5) is 41.9. The molecule has 0 bridgehead atoms. The summed E-state index contributed by atoms with van der Waals surface area (Å²) in [6, 6.07) is 10.6. The van der Waals surface area contributed by atoms with Crippen LogP contribution < -0.4 is 15.1 Å². The fourth-order valence-corrected chi connectivity index (χ4v) is 5.65. The maximum absolute atomic E-state index is 13.3. The number of barbiturate groups is 1. The molecule has 0 radical (unpaired) electrons. The van der Waals surface area contributed by atoms with Crippen LogP contribution in [0.4, 0.5) is 16.2 Å². The van der Waals surface area contributed by atoms with E-state index in [2.05, 4.69) is 72.9 Å². The molecule has 34 heavy (non-hydrogen) atoms. The molecule has 0 spiro atoms. The van der Waals surface area contributed by atoms with E-state index < -0.39 is 17.8 Å². The molecule has 1 unspecified atom stereocenters. The fourth-order valence-electron chi connectivity index (χ4n) is 5.38. The monoisotopic (exact) mass is 523 g/mol. The lowest BCUT2D eigenvalue weighted by atomic mass is 9.78. The third-order valence-corrected chi connectivity index (χ3v) is 7.20. The van der Waals surface area contributed by atoms with Crippen LogP contribution in [0, 0.1) is 6.92 Å². The Kier molecular flexibility index (Phi) is 6.19. The van der Waals surface area contributed by atoms with Crippen molar-refractivity contribution in [3.05, 3.63) is 63.1 Å². The maximum atomic E-state index is 13.3. The molecular weight excluding hydrogens is 494 g/mol. The molecule has 0 aromatic heterocycles. The minimum absolute atomic E-state index is 0.0256. The van der Waals surface area contributed by atoms with Crippen molar-refractivity contribution < 1.29 is 14.4 Å². The molecule has 1 N–H and O–H groups in total. The summed E-state index contributed by atoms with van der Waals surface area (Å²) in [7, 11) is 0. The summed E-state index contributed by atoms with van der Waals surface area (Å²) in [6.45, 7) is 13.2. The number of amides is 4. The Hall–Kier alpha value is -2.93. The number of urea groups is 1. The van der Waals surface area contributed by atoms with Gasteiger partial charge in [-0.05, 0) is 106 Å². The zero-order chi connectivity index (χ0) is 24.9. The number of rotatable bonds is 3. The van der Waals surface area contributed by atoms with Crippen molar-refractivity contribution in [2.24, 2.45) is 0 Å². The highest BCUT2D eigenvalue weighted by atomic mass is 79.9. The third kappa shape index (κ3) is 4.17. The zero-order valence-corrected chi connectivity index (χ0v) is 22.0. The predicted octanol–water partition coefficient (Wildman–Crippen LogP) is 5.92. The number of anilines is 2. The number of carbonyl (C=O) groups is 3. The molecule has 2 aromatic rings. The van der Waals surface area contributed by atoms with Crippen molar-refractivity contribution in [1.82, 2.24) is 5.32 Å². The number of hydrogen-bond donors (Lipinski definition) is 1. The van der Waals surface area contributed by atoms with Gasteiger partial charge in [0.25, 0.3) is 11.8 Å². The van der Waals surface area contributed by atoms with Gasteiger partial charge < -0.3 is 4.90 Å². The van der Waals surface area contributed by atoms with E-state index >= 15 is 0 Å². The molecule has 2 heterocycles. The molecule has 1 saturated heterocycles. The van der Waals surface area contributed by atoms with Crippen LogP contribution in [0.1, 0.15) is 63.6 Å². The van der Waals surface area contributed by atoms with Gasteiger partial charge in [0.1, 0.15) is 5.57 Å². The first kappa shape index (κ1) is 24.2. The topological polar surface area (TPSA) is 69.7 Å². The van der Waals surface area contributed by atoms with Crippen LogP contribution in [0.5, 0.6) is 0 Å². The molecule has 4 rings (SSSR count). The van der Waals surface area contributed by atoms with E-state index in [0.29, 0.717) is 17.6 Å². The second kappa shape index (κ2) is 8.69. The van der Waals surface area contributed by atoms with E-state index in [1.165, 1.54) is 11.3 Å². The van der Waals surface area contributed by atoms with Crippen molar-refractivity contribution in [2.75, 3.05) is 9.80 Å². The highest BCUT2D eigenvalue weighted by Crippen LogP contribution is 2.45. The second-order valence-corrected chi connectivity index (χ2v) is 11.0. The lowest BCUT2D eigenvalue weighted by molar-refractivity contribution is -0.122. The molecule has 2 aromatic carbocycles. The maximum Gasteiger partial charge on any atom is 0.335 e. The number of nitrogens with zero attached hydrogens (tertiary/aromatic N) is 2. The van der Waals surface area contributed by atoms with Crippen LogP contribution in [-0.2, 0) is 9.59 Å². The zero-order valence-electron chi connectivity index (χ0n) is 20.4. The molecule has 6 nitrogen and oxygen atoms in total. The van der Waals surface area contributed by atoms with Gasteiger partial charge in [-0.25, -0.2) is 9.69 Å². The molecule has 1 atom stereocenters. The van der Waals surface area contributed by atoms with Gasteiger partial charge in [-0.1, -0.05) is 22.9 Å². The number of hydrogen-bond acceptors (Lipinski definition) is 4. The lowest BCUT2D eigenvalue weighted by Crippen LogP contribution is -2.54. The van der Waals surface area contributed by atoms with Gasteiger partial charge in [-0.2, -0.15) is 0 Å². The minimum Gasteiger partial charge on any atom is -0.364 e. The Balaban J connectivity index is 1.78. The number of carbonyl (C=O) groups excluding carboxylic acids is 3. The smallest absolute Gasteiger partial charge is 0.335 e. The van der Waals surface area contributed by atoms with Gasteiger partial charge in [-0.15, -0.1) is 0 Å². The van der Waals surface area contributed by atoms with E-state index in [0.717, 1.165) is 26.9 Å². The summed E-state index contributed by atoms with van der Waals surface area (Å²) in [5.41, 5.74) is 4.54. The van der Waals surface area contributed by atoms with Gasteiger partial charge >= 0.3 is 6.03 Å². The SMILES string of the molecule is Cc1cc2c(cc1/C=C1\C(=O)NC(=O)N(c3ccc(Br)cc3)C1=O)C(C)CC(C)(C)N2C(C)C. The number of halogens is 1. The normalized spacial score (nSPS) is 21.2. The van der Waals surface area contributed by atoms with Gasteiger partial charge in [-0.3, -0.25) is 14.9 Å². The molecule has 1 fully saturated rings. The number of aryl methyl sites for hydroxylation is 1. The molecule has 7 heteroatoms. The Morgan fingerprint density at radius 1 is 1.12 bits per heavy atom. The van der Waals surface area contributed by atoms with Gasteiger partial charge in [0.2, 0.25) is 0 Å². The van der Waals surface area contributed by atoms with E-state index in [-0.39, 0.29) is 11.1 Å². The number of benzene rings is 2. The quantitative estimate of drug-likeness (QED) is 0.400. The van der Waals surface area contributed by atoms with Gasteiger partial charge in [0, 0.05) is 21.7 Å². The highest BCUT2D eigenvalue weighted by molar-refractivity contribution is 9.10. The van der Waals surface area contributed by atoms with Crippen LogP contribution in [0.15, 0.2) is 46.4 Å². The van der Waals surface area contributed by atoms with E-state index in [9.17, 15) is 14.4 Å². The summed E-state index contributed by atoms with van der Waals surface area (Å²) in [5, 5.41) is 2.31. The average molecular weight is 524 g/mol. The van der Waals surface area contributed by atoms with Crippen molar-refractivity contribution in [3.8, 4) is 0 Å². The molecule has 4 amide bonds. The first-order valence-electron chi connectivity index (χ1n) is 11.5. The van der Waals surface area contributed by atoms with E-state index in [1.807, 2.05) is 6.92 Å². The highest BCUT2D eigenvalue weighted by Gasteiger charge is 2.39. The Morgan fingerprint density at radius 3 is 2.38 bits per heavy atom. The van der Waals surface area contributed by atoms with E-state index in [4.69, 9.17) is 0 Å². The third-order valence-electron chi connectivity index (χ3n) is 6.67. The first-order valence-corrected chi connectivity index (χ1v) is 12.3. The van der Waals surface area contributed by atoms with Gasteiger partial charge in [0.05, 0.1) is 5.69 Å². The lowest BCUT2D eigenvalue weighted by Gasteiger charge is -2.50. The van der Waals surface area contributed by atoms with E-state index in [1.54, 1.807) is 30.3 Å². The van der Waals surface area contributed by atoms with Crippen LogP contribution >= 0.6 is 15.9 Å². The van der Waals surface area contributed by atoms with Crippen molar-refractivity contribution in [2.45, 2.75) is 65.5 Å². The Labute approximate surface area is 209 Å². The summed E-state index contributed by atoms with van der Waals surface area (Å²) >= 11 is 3.36. The minimum atomic E-state index is -0.750. The summed E-state index contributed by atoms with van der Waals surface area (Å²) in [6.07, 6.45) is 2.61. The predicted molar refractivity (Wildman–Crippen MR) is 139 cm³/mol. The van der Waals surface area contributed by atoms with Crippen molar-refractivity contribution in [3.63, 3.8) is 0 Å². The largest absolute Gasteiger partial charge is 0.364 e. The van der Waals surface area contributed by atoms with Crippen LogP contribution in [0.2, 0.25) is 0 Å². The number of nitrogens with one attached hydrogen (secondary N) is 1. The molecular formula is C27H30BrN3O3. The summed E-state index contributed by atoms with van der Waals surface area (Å²) in [5.74, 6) is -0.987. The summed E-state index contributed by atoms with van der Waals surface area (Å²) < 4.78 is 0.824. The van der Waals surface area contributed by atoms with Gasteiger partial charge in [0.15, 0.2) is 0 Å². The van der Waals surface area contributed by atoms with Crippen molar-refractivity contribution in [1.29, 1.82) is 0 Å². The average Bonchev–Trinajstić information content (AvgIpc) is 2.72. The second-order valence-electron chi connectivity index (χ2n) is 10.1. The molecule has 0 saturated carbocycles. The Morgan fingerprint density at radius 2 is 1.76 bits per heavy atom. The van der Waals surface area contributed by atoms with Crippen LogP contribution in [0.3, 0.4) is 0 Å². The number of imide groups is 2. The molecule has 178 valence electrons. The standard InChI is InChI=1S/C27H30BrN3O3/c1-15(2)31-23-11-16(3)18(12-21(23)17(4)14-27(31,5)6)13-22-24(32)29-26(34)30(25(22)33)20-9-7-19(28)8-10-20/h7-13,15,17H,14H2,1-6H3,(H,29,32,34)/b22-13+. The first-order chi connectivity index (χ1) is 15.9. The van der Waals surface area contributed by atoms with Crippen LogP contribution in [-0.4, -0.2) is 29.4 Å². The molecule has 2 aliphatic heterocycles.